The van der Waals surface area contributed by atoms with E-state index in [2.05, 4.69) is 0 Å². The first-order chi connectivity index (χ1) is 5.00. The van der Waals surface area contributed by atoms with E-state index in [1.165, 1.54) is 0 Å². The monoisotopic (exact) mass is 944 g/mol. The fraction of sp³-hybridized carbons (Fsp3) is 0.846. The Labute approximate surface area is 171 Å². The molecule has 0 aliphatic heterocycles. The number of hydrogen-bond donors (Lipinski definition) is 0. The number of rotatable bonds is 0. The van der Waals surface area contributed by atoms with Gasteiger partial charge >= 0.3 is 0 Å². The average Bonchev–Trinajstić information content (AvgIpc) is 2.20. The van der Waals surface area contributed by atoms with E-state index in [1.54, 1.807) is 0 Å². The predicted molar refractivity (Wildman–Crippen MR) is 76.3 cm³/mol. The van der Waals surface area contributed by atoms with Gasteiger partial charge in [0.2, 0.25) is 0 Å². The molecule has 0 aromatic heterocycles. The molecule has 0 aromatic carbocycles. The van der Waals surface area contributed by atoms with Crippen molar-refractivity contribution in [3.8, 4) is 0 Å². The van der Waals surface area contributed by atoms with Gasteiger partial charge in [0, 0.05) is 81.7 Å². The maximum Gasteiger partial charge on any atom is 0 e. The third-order valence-corrected chi connectivity index (χ3v) is 0. The molecule has 0 amide bonds. The van der Waals surface area contributed by atoms with Crippen molar-refractivity contribution in [2.45, 2.75) is 76.7 Å². The summed E-state index contributed by atoms with van der Waals surface area (Å²) in [6, 6.07) is 0. The molecule has 0 saturated heterocycles. The molecule has 122 valence electrons. The smallest absolute Gasteiger partial charge is 0 e. The summed E-state index contributed by atoms with van der Waals surface area (Å²) in [5.74, 6) is 0. The Kier molecular flexibility index (Phi) is 5690. The second-order valence-corrected chi connectivity index (χ2v) is 0. The van der Waals surface area contributed by atoms with Gasteiger partial charge in [-0.1, -0.05) is 76.7 Å². The molecule has 0 spiro atoms. The van der Waals surface area contributed by atoms with Crippen molar-refractivity contribution < 1.29 is 81.7 Å². The van der Waals surface area contributed by atoms with Gasteiger partial charge in [-0.2, -0.15) is 0 Å². The van der Waals surface area contributed by atoms with E-state index in [0.717, 1.165) is 0 Å². The van der Waals surface area contributed by atoms with E-state index in [-0.39, 0.29) is 104 Å². The minimum atomic E-state index is 0. The average molecular weight is 941 g/mol. The van der Waals surface area contributed by atoms with Gasteiger partial charge in [-0.3, -0.25) is 0 Å². The van der Waals surface area contributed by atoms with Crippen LogP contribution in [0.2, 0.25) is 0 Å². The molecule has 0 bridgehead atoms. The van der Waals surface area contributed by atoms with E-state index < -0.39 is 0 Å². The zero-order valence-corrected chi connectivity index (χ0v) is 24.4. The van der Waals surface area contributed by atoms with Crippen LogP contribution in [0, 0.1) is 14.9 Å². The van der Waals surface area contributed by atoms with Gasteiger partial charge in [-0.05, 0) is 0 Å². The minimum absolute atomic E-state index is 0. The number of hydrogen-bond acceptors (Lipinski definition) is 0. The molecule has 0 unspecified atom stereocenters. The van der Waals surface area contributed by atoms with Gasteiger partial charge in [-0.25, -0.2) is 0 Å². The molecular formula is C13H40Re4-2. The molecule has 0 rings (SSSR count). The summed E-state index contributed by atoms with van der Waals surface area (Å²) < 4.78 is 0. The van der Waals surface area contributed by atoms with E-state index in [1.807, 2.05) is 69.2 Å². The Hall–Kier alpha value is 2.65. The van der Waals surface area contributed by atoms with Crippen LogP contribution in [0.25, 0.3) is 0 Å². The molecule has 4 heteroatoms. The van der Waals surface area contributed by atoms with Crippen LogP contribution in [0.3, 0.4) is 0 Å². The van der Waals surface area contributed by atoms with E-state index in [4.69, 9.17) is 0 Å². The van der Waals surface area contributed by atoms with Gasteiger partial charge in [-0.15, -0.1) is 0 Å². The molecular weight excluding hydrogens is 901 g/mol. The Morgan fingerprint density at radius 2 is 0.294 bits per heavy atom. The second kappa shape index (κ2) is 828. The maximum absolute atomic E-state index is 2.00. The standard InChI is InChI=1S/5C2H6.CH4.2CH3.4Re/c5*1-2;;;;;;;/h5*1-2H3;1H4;2*1H3;;;;/q;;;;;;2*-1;;;;. The Bertz CT molecular complexity index is 13.4. The quantitative estimate of drug-likeness (QED) is 0.239. The first-order valence-electron chi connectivity index (χ1n) is 5.00. The summed E-state index contributed by atoms with van der Waals surface area (Å²) in [5, 5.41) is 0. The summed E-state index contributed by atoms with van der Waals surface area (Å²) in [7, 11) is 0. The molecule has 0 aromatic rings. The van der Waals surface area contributed by atoms with Gasteiger partial charge in [0.25, 0.3) is 0 Å². The predicted octanol–water partition coefficient (Wildman–Crippen LogP) is 6.66. The molecule has 0 aliphatic rings. The zero-order chi connectivity index (χ0) is 10.0. The van der Waals surface area contributed by atoms with Crippen LogP contribution in [0.5, 0.6) is 0 Å². The molecule has 0 aliphatic carbocycles. The van der Waals surface area contributed by atoms with Crippen molar-refractivity contribution in [2.24, 2.45) is 0 Å². The van der Waals surface area contributed by atoms with Gasteiger partial charge in [0.05, 0.1) is 0 Å². The largest absolute Gasteiger partial charge is 0.358 e. The van der Waals surface area contributed by atoms with Gasteiger partial charge in [0.1, 0.15) is 0 Å². The van der Waals surface area contributed by atoms with Gasteiger partial charge in [0.15, 0.2) is 0 Å². The molecule has 0 fully saturated rings. The molecule has 0 N–H and O–H groups in total. The molecule has 0 saturated carbocycles. The fourth-order valence-corrected chi connectivity index (χ4v) is 0. The van der Waals surface area contributed by atoms with E-state index in [9.17, 15) is 0 Å². The van der Waals surface area contributed by atoms with Crippen molar-refractivity contribution >= 4 is 0 Å². The topological polar surface area (TPSA) is 0 Å². The van der Waals surface area contributed by atoms with Crippen LogP contribution in [0.1, 0.15) is 76.7 Å². The van der Waals surface area contributed by atoms with Crippen LogP contribution in [-0.4, -0.2) is 0 Å². The summed E-state index contributed by atoms with van der Waals surface area (Å²) in [5.41, 5.74) is 0. The first-order valence-corrected chi connectivity index (χ1v) is 5.00. The third-order valence-electron chi connectivity index (χ3n) is 0. The van der Waals surface area contributed by atoms with Crippen LogP contribution in [0.15, 0.2) is 0 Å². The minimum Gasteiger partial charge on any atom is -0.358 e. The van der Waals surface area contributed by atoms with Crippen molar-refractivity contribution in [1.29, 1.82) is 0 Å². The first kappa shape index (κ1) is 117. The molecule has 0 heterocycles. The van der Waals surface area contributed by atoms with Crippen LogP contribution in [0.4, 0.5) is 0 Å². The summed E-state index contributed by atoms with van der Waals surface area (Å²) in [6.45, 7) is 20.0. The van der Waals surface area contributed by atoms with Crippen LogP contribution >= 0.6 is 0 Å². The van der Waals surface area contributed by atoms with E-state index >= 15 is 0 Å². The maximum atomic E-state index is 2.00. The van der Waals surface area contributed by atoms with Crippen molar-refractivity contribution in [1.82, 2.24) is 0 Å². The molecule has 0 atom stereocenters. The Balaban J connectivity index is -0.00000000167. The molecule has 17 heavy (non-hydrogen) atoms. The van der Waals surface area contributed by atoms with Crippen molar-refractivity contribution in [3.63, 3.8) is 0 Å². The van der Waals surface area contributed by atoms with Crippen LogP contribution < -0.4 is 0 Å². The van der Waals surface area contributed by atoms with Crippen LogP contribution in [-0.2, 0) is 81.7 Å². The van der Waals surface area contributed by atoms with Gasteiger partial charge < -0.3 is 14.9 Å². The van der Waals surface area contributed by atoms with Crippen molar-refractivity contribution in [2.75, 3.05) is 0 Å². The summed E-state index contributed by atoms with van der Waals surface area (Å²) >= 11 is 0. The summed E-state index contributed by atoms with van der Waals surface area (Å²) in [4.78, 5) is 0. The Morgan fingerprint density at radius 3 is 0.294 bits per heavy atom. The van der Waals surface area contributed by atoms with Crippen molar-refractivity contribution in [3.05, 3.63) is 14.9 Å². The molecule has 4 radical (unpaired) electrons. The van der Waals surface area contributed by atoms with E-state index in [0.29, 0.717) is 0 Å². The fourth-order valence-electron chi connectivity index (χ4n) is 0. The normalized spacial score (nSPS) is 1.76. The second-order valence-electron chi connectivity index (χ2n) is 0. The SMILES string of the molecule is C.CC.CC.CC.CC.CC.[CH3-].[CH3-].[Re].[Re].[Re].[Re]. The summed E-state index contributed by atoms with van der Waals surface area (Å²) in [6.07, 6.45) is 0. The zero-order valence-electron chi connectivity index (χ0n) is 13.5. The molecule has 0 nitrogen and oxygen atoms in total. The third kappa shape index (κ3) is 737. The Morgan fingerprint density at radius 1 is 0.294 bits per heavy atom.